The number of nitrogens with zero attached hydrogens (tertiary/aromatic N) is 2. The van der Waals surface area contributed by atoms with E-state index in [9.17, 15) is 22.4 Å². The van der Waals surface area contributed by atoms with Crippen LogP contribution in [0.5, 0.6) is 0 Å². The van der Waals surface area contributed by atoms with Crippen LogP contribution in [0.3, 0.4) is 0 Å². The number of carbonyl (C=O) groups is 1. The summed E-state index contributed by atoms with van der Waals surface area (Å²) in [6.07, 6.45) is -0.0593. The molecule has 0 bridgehead atoms. The smallest absolute Gasteiger partial charge is 0.341 e. The Balaban J connectivity index is 2.13. The summed E-state index contributed by atoms with van der Waals surface area (Å²) in [6, 6.07) is 12.5. The standard InChI is InChI=1S/C27H26ClFN2O6S/c1-27(2,3)37-24(26(33)36-5)23-21(16-6-8-17(28)9-7-16)20-14-15-31(22(20)25(32)30(23)4)38(34,35)19-12-10-18(29)11-13-19/h6-15,24H,1-5H3. The van der Waals surface area contributed by atoms with Crippen LogP contribution in [0.25, 0.3) is 22.0 Å². The number of fused-ring (bicyclic) bond motifs is 1. The molecule has 0 aliphatic rings. The molecule has 4 aromatic rings. The summed E-state index contributed by atoms with van der Waals surface area (Å²) < 4.78 is 53.7. The van der Waals surface area contributed by atoms with E-state index in [4.69, 9.17) is 21.1 Å². The molecule has 0 fully saturated rings. The first-order valence-electron chi connectivity index (χ1n) is 11.5. The maximum Gasteiger partial charge on any atom is 0.341 e. The summed E-state index contributed by atoms with van der Waals surface area (Å²) in [5, 5.41) is 0.728. The Kier molecular flexibility index (Phi) is 7.26. The number of carbonyl (C=O) groups excluding carboxylic acids is 1. The normalized spacial score (nSPS) is 13.0. The fourth-order valence-electron chi connectivity index (χ4n) is 4.22. The fraction of sp³-hybridized carbons (Fsp3) is 0.259. The third kappa shape index (κ3) is 4.99. The average molecular weight is 561 g/mol. The number of benzene rings is 2. The molecule has 0 aliphatic carbocycles. The lowest BCUT2D eigenvalue weighted by molar-refractivity contribution is -0.165. The second-order valence-corrected chi connectivity index (χ2v) is 11.8. The first-order chi connectivity index (χ1) is 17.8. The first kappa shape index (κ1) is 27.6. The molecule has 0 saturated heterocycles. The summed E-state index contributed by atoms with van der Waals surface area (Å²) in [5.41, 5.74) is -0.498. The van der Waals surface area contributed by atoms with Crippen LogP contribution in [-0.2, 0) is 31.3 Å². The number of esters is 1. The van der Waals surface area contributed by atoms with Gasteiger partial charge in [-0.05, 0) is 68.8 Å². The van der Waals surface area contributed by atoms with E-state index in [1.165, 1.54) is 31.0 Å². The van der Waals surface area contributed by atoms with Crippen molar-refractivity contribution in [3.8, 4) is 11.1 Å². The quantitative estimate of drug-likeness (QED) is 0.306. The van der Waals surface area contributed by atoms with Gasteiger partial charge in [-0.15, -0.1) is 0 Å². The van der Waals surface area contributed by atoms with Crippen molar-refractivity contribution < 1.29 is 27.1 Å². The predicted octanol–water partition coefficient (Wildman–Crippen LogP) is 5.07. The maximum atomic E-state index is 13.8. The van der Waals surface area contributed by atoms with Crippen molar-refractivity contribution in [2.75, 3.05) is 7.11 Å². The molecule has 2 heterocycles. The molecule has 0 saturated carbocycles. The van der Waals surface area contributed by atoms with Gasteiger partial charge in [-0.3, -0.25) is 4.79 Å². The van der Waals surface area contributed by atoms with E-state index < -0.39 is 39.1 Å². The molecule has 200 valence electrons. The van der Waals surface area contributed by atoms with Crippen molar-refractivity contribution in [1.82, 2.24) is 8.54 Å². The van der Waals surface area contributed by atoms with Crippen molar-refractivity contribution in [2.45, 2.75) is 37.4 Å². The van der Waals surface area contributed by atoms with Gasteiger partial charge in [0.2, 0.25) is 0 Å². The lowest BCUT2D eigenvalue weighted by Gasteiger charge is -2.29. The molecular formula is C27H26ClFN2O6S. The van der Waals surface area contributed by atoms with Gasteiger partial charge < -0.3 is 14.0 Å². The van der Waals surface area contributed by atoms with Gasteiger partial charge in [0.15, 0.2) is 6.10 Å². The molecule has 0 amide bonds. The molecule has 0 spiro atoms. The zero-order valence-electron chi connectivity index (χ0n) is 21.4. The molecule has 38 heavy (non-hydrogen) atoms. The molecule has 1 unspecified atom stereocenters. The molecule has 4 rings (SSSR count). The maximum absolute atomic E-state index is 13.8. The van der Waals surface area contributed by atoms with Crippen LogP contribution in [0.15, 0.2) is 70.5 Å². The van der Waals surface area contributed by atoms with Gasteiger partial charge in [0.25, 0.3) is 15.6 Å². The van der Waals surface area contributed by atoms with Crippen molar-refractivity contribution in [1.29, 1.82) is 0 Å². The third-order valence-corrected chi connectivity index (χ3v) is 7.83. The molecule has 8 nitrogen and oxygen atoms in total. The number of rotatable bonds is 6. The van der Waals surface area contributed by atoms with Crippen molar-refractivity contribution >= 4 is 38.5 Å². The Hall–Kier alpha value is -3.47. The van der Waals surface area contributed by atoms with Crippen molar-refractivity contribution in [3.05, 3.63) is 87.7 Å². The predicted molar refractivity (Wildman–Crippen MR) is 142 cm³/mol. The lowest BCUT2D eigenvalue weighted by Crippen LogP contribution is -2.34. The van der Waals surface area contributed by atoms with E-state index in [1.54, 1.807) is 45.0 Å². The second-order valence-electron chi connectivity index (χ2n) is 9.60. The van der Waals surface area contributed by atoms with E-state index in [2.05, 4.69) is 0 Å². The monoisotopic (exact) mass is 560 g/mol. The van der Waals surface area contributed by atoms with Crippen molar-refractivity contribution in [3.63, 3.8) is 0 Å². The topological polar surface area (TPSA) is 96.6 Å². The summed E-state index contributed by atoms with van der Waals surface area (Å²) in [4.78, 5) is 26.6. The minimum atomic E-state index is -4.27. The van der Waals surface area contributed by atoms with Gasteiger partial charge in [-0.1, -0.05) is 23.7 Å². The zero-order chi connectivity index (χ0) is 28.0. The van der Waals surface area contributed by atoms with Gasteiger partial charge in [0.1, 0.15) is 11.3 Å². The Morgan fingerprint density at radius 3 is 2.18 bits per heavy atom. The molecule has 1 atom stereocenters. The highest BCUT2D eigenvalue weighted by Gasteiger charge is 2.35. The molecule has 0 aliphatic heterocycles. The summed E-state index contributed by atoms with van der Waals surface area (Å²) in [7, 11) is -1.63. The van der Waals surface area contributed by atoms with Crippen LogP contribution in [0, 0.1) is 5.82 Å². The van der Waals surface area contributed by atoms with Crippen LogP contribution in [-0.4, -0.2) is 35.6 Å². The van der Waals surface area contributed by atoms with Gasteiger partial charge in [-0.2, -0.15) is 0 Å². The lowest BCUT2D eigenvalue weighted by atomic mass is 9.96. The van der Waals surface area contributed by atoms with Gasteiger partial charge in [-0.25, -0.2) is 21.6 Å². The minimum Gasteiger partial charge on any atom is -0.467 e. The Morgan fingerprint density at radius 1 is 1.03 bits per heavy atom. The number of hydrogen-bond donors (Lipinski definition) is 0. The van der Waals surface area contributed by atoms with E-state index in [1.807, 2.05) is 0 Å². The molecular weight excluding hydrogens is 535 g/mol. The Labute approximate surface area is 224 Å². The summed E-state index contributed by atoms with van der Waals surface area (Å²) >= 11 is 6.11. The van der Waals surface area contributed by atoms with Gasteiger partial charge in [0.05, 0.1) is 23.3 Å². The van der Waals surface area contributed by atoms with Crippen LogP contribution in [0.4, 0.5) is 4.39 Å². The van der Waals surface area contributed by atoms with E-state index >= 15 is 0 Å². The van der Waals surface area contributed by atoms with Crippen LogP contribution in [0.2, 0.25) is 5.02 Å². The molecule has 11 heteroatoms. The minimum absolute atomic E-state index is 0.148. The SMILES string of the molecule is COC(=O)C(OC(C)(C)C)c1c(-c2ccc(Cl)cc2)c2ccn(S(=O)(=O)c3ccc(F)cc3)c2c(=O)n1C. The fourth-order valence-corrected chi connectivity index (χ4v) is 5.69. The first-order valence-corrected chi connectivity index (χ1v) is 13.3. The van der Waals surface area contributed by atoms with Crippen LogP contribution in [0.1, 0.15) is 32.6 Å². The van der Waals surface area contributed by atoms with Crippen LogP contribution >= 0.6 is 11.6 Å². The van der Waals surface area contributed by atoms with Crippen molar-refractivity contribution in [2.24, 2.45) is 7.05 Å². The largest absolute Gasteiger partial charge is 0.467 e. The van der Waals surface area contributed by atoms with E-state index in [0.717, 1.165) is 28.2 Å². The third-order valence-electron chi connectivity index (χ3n) is 5.88. The zero-order valence-corrected chi connectivity index (χ0v) is 22.9. The number of ether oxygens (including phenoxy) is 2. The van der Waals surface area contributed by atoms with Crippen LogP contribution < -0.4 is 5.56 Å². The summed E-state index contributed by atoms with van der Waals surface area (Å²) in [5.74, 6) is -1.33. The molecule has 2 aromatic heterocycles. The molecule has 0 radical (unpaired) electrons. The number of aromatic nitrogens is 2. The number of hydrogen-bond acceptors (Lipinski definition) is 6. The molecule has 0 N–H and O–H groups in total. The van der Waals surface area contributed by atoms with E-state index in [-0.39, 0.29) is 21.5 Å². The highest BCUT2D eigenvalue weighted by atomic mass is 35.5. The number of methoxy groups -OCH3 is 1. The number of pyridine rings is 1. The Morgan fingerprint density at radius 2 is 1.63 bits per heavy atom. The Bertz CT molecular complexity index is 1690. The second kappa shape index (κ2) is 10.0. The van der Waals surface area contributed by atoms with Gasteiger partial charge >= 0.3 is 5.97 Å². The van der Waals surface area contributed by atoms with Gasteiger partial charge in [0, 0.05) is 29.2 Å². The summed E-state index contributed by atoms with van der Waals surface area (Å²) in [6.45, 7) is 5.27. The highest BCUT2D eigenvalue weighted by molar-refractivity contribution is 7.90. The highest BCUT2D eigenvalue weighted by Crippen LogP contribution is 2.38. The average Bonchev–Trinajstić information content (AvgIpc) is 3.31. The number of halogens is 2. The molecule has 2 aromatic carbocycles. The van der Waals surface area contributed by atoms with E-state index in [0.29, 0.717) is 16.1 Å².